The van der Waals surface area contributed by atoms with Gasteiger partial charge in [0.25, 0.3) is 5.91 Å². The van der Waals surface area contributed by atoms with Gasteiger partial charge in [-0.2, -0.15) is 0 Å². The fourth-order valence-electron chi connectivity index (χ4n) is 3.09. The molecule has 0 aliphatic heterocycles. The topological polar surface area (TPSA) is 104 Å². The van der Waals surface area contributed by atoms with E-state index in [9.17, 15) is 4.79 Å². The Labute approximate surface area is 211 Å². The van der Waals surface area contributed by atoms with E-state index >= 15 is 0 Å². The molecule has 1 unspecified atom stereocenters. The van der Waals surface area contributed by atoms with Gasteiger partial charge in [0.15, 0.2) is 5.82 Å². The largest absolute Gasteiger partial charge is 0.496 e. The third-order valence-electron chi connectivity index (χ3n) is 4.90. The lowest BCUT2D eigenvalue weighted by atomic mass is 10.1. The number of benzene rings is 2. The number of carbonyl (C=O) groups excluding carboxylic acids is 1. The first-order chi connectivity index (χ1) is 15.8. The van der Waals surface area contributed by atoms with Crippen molar-refractivity contribution in [1.82, 2.24) is 14.8 Å². The summed E-state index contributed by atoms with van der Waals surface area (Å²) in [6.07, 6.45) is 3.55. The number of hydrogen-bond donors (Lipinski definition) is 3. The molecule has 1 aromatic heterocycles. The van der Waals surface area contributed by atoms with Crippen molar-refractivity contribution < 1.29 is 14.4 Å². The maximum atomic E-state index is 12.5. The molecular formula is C21H23ClIN6O3P. The van der Waals surface area contributed by atoms with Gasteiger partial charge < -0.3 is 20.6 Å². The predicted molar refractivity (Wildman–Crippen MR) is 143 cm³/mol. The zero-order valence-corrected chi connectivity index (χ0v) is 22.3. The van der Waals surface area contributed by atoms with Gasteiger partial charge in [0, 0.05) is 48.7 Å². The Balaban J connectivity index is 1.93. The van der Waals surface area contributed by atoms with Crippen LogP contribution < -0.4 is 15.1 Å². The second-order valence-corrected chi connectivity index (χ2v) is 9.29. The van der Waals surface area contributed by atoms with Gasteiger partial charge in [-0.1, -0.05) is 11.6 Å². The van der Waals surface area contributed by atoms with E-state index in [1.807, 2.05) is 25.3 Å². The molecule has 3 N–H and O–H groups in total. The Morgan fingerprint density at radius 2 is 2.03 bits per heavy atom. The van der Waals surface area contributed by atoms with Gasteiger partial charge >= 0.3 is 0 Å². The van der Waals surface area contributed by atoms with E-state index in [1.165, 1.54) is 27.5 Å². The number of ether oxygens (including phenoxy) is 1. The van der Waals surface area contributed by atoms with Crippen molar-refractivity contribution in [2.24, 2.45) is 0 Å². The van der Waals surface area contributed by atoms with Crippen LogP contribution in [0.2, 0.25) is 5.02 Å². The second-order valence-electron chi connectivity index (χ2n) is 6.85. The molecule has 1 heterocycles. The highest BCUT2D eigenvalue weighted by Crippen LogP contribution is 2.36. The molecule has 0 saturated heterocycles. The molecule has 0 radical (unpaired) electrons. The molecule has 1 amide bonds. The molecule has 3 aromatic rings. The highest BCUT2D eigenvalue weighted by atomic mass is 127. The number of hydroxylamine groups is 2. The number of aryl methyl sites for hydroxylation is 1. The average molecular weight is 601 g/mol. The van der Waals surface area contributed by atoms with Crippen LogP contribution in [0.15, 0.2) is 36.5 Å². The lowest BCUT2D eigenvalue weighted by Crippen LogP contribution is -2.25. The molecule has 0 bridgehead atoms. The van der Waals surface area contributed by atoms with Crippen molar-refractivity contribution >= 4 is 69.3 Å². The number of aromatic nitrogens is 2. The van der Waals surface area contributed by atoms with Crippen LogP contribution in [0.25, 0.3) is 5.69 Å². The quantitative estimate of drug-likeness (QED) is 0.128. The molecule has 174 valence electrons. The lowest BCUT2D eigenvalue weighted by molar-refractivity contribution is -0.0758. The minimum absolute atomic E-state index is 0.322. The molecule has 0 spiro atoms. The standard InChI is InChI=1S/C21H23ClIN6O3P/c1-12-11-29(13-5-6-14(18(9-13)31-3)21(30)28(2)32-4)26-20(12)25-17-8-7-16(27-33-23)15(10-24)19(17)22/h5-11,24,27,33H,1-4H3,(H,25,26). The Hall–Kier alpha value is -2.40. The zero-order valence-electron chi connectivity index (χ0n) is 18.4. The van der Waals surface area contributed by atoms with Crippen LogP contribution in [0.5, 0.6) is 5.75 Å². The van der Waals surface area contributed by atoms with E-state index in [-0.39, 0.29) is 5.91 Å². The molecule has 12 heteroatoms. The summed E-state index contributed by atoms with van der Waals surface area (Å²) in [7, 11) is 4.46. The molecule has 0 saturated carbocycles. The SMILES string of the molecule is COc1cc(-n2cc(C)c(Nc3ccc(NPI)c(C=N)c3Cl)n2)ccc1C(=O)N(C)OC. The van der Waals surface area contributed by atoms with E-state index in [1.54, 1.807) is 22.9 Å². The van der Waals surface area contributed by atoms with Crippen LogP contribution in [-0.4, -0.2) is 48.2 Å². The summed E-state index contributed by atoms with van der Waals surface area (Å²) in [6.45, 7) is 1.92. The number of nitrogens with one attached hydrogen (secondary N) is 3. The van der Waals surface area contributed by atoms with Crippen molar-refractivity contribution in [3.63, 3.8) is 0 Å². The second kappa shape index (κ2) is 11.1. The molecular weight excluding hydrogens is 578 g/mol. The first-order valence-electron chi connectivity index (χ1n) is 9.63. The Morgan fingerprint density at radius 1 is 1.30 bits per heavy atom. The molecule has 0 aliphatic rings. The minimum atomic E-state index is -0.322. The van der Waals surface area contributed by atoms with Gasteiger partial charge in [-0.05, 0) is 53.2 Å². The van der Waals surface area contributed by atoms with Crippen molar-refractivity contribution in [3.05, 3.63) is 58.2 Å². The smallest absolute Gasteiger partial charge is 0.280 e. The molecule has 0 fully saturated rings. The number of methoxy groups -OCH3 is 1. The zero-order chi connectivity index (χ0) is 24.1. The van der Waals surface area contributed by atoms with E-state index in [0.29, 0.717) is 45.5 Å². The number of halogens is 2. The molecule has 3 rings (SSSR count). The molecule has 33 heavy (non-hydrogen) atoms. The van der Waals surface area contributed by atoms with Crippen LogP contribution >= 0.6 is 40.0 Å². The van der Waals surface area contributed by atoms with Gasteiger partial charge in [0.1, 0.15) is 5.75 Å². The van der Waals surface area contributed by atoms with Crippen LogP contribution in [0.4, 0.5) is 17.2 Å². The fourth-order valence-corrected chi connectivity index (χ4v) is 4.54. The van der Waals surface area contributed by atoms with Crippen LogP contribution in [0, 0.1) is 12.3 Å². The number of rotatable bonds is 9. The summed E-state index contributed by atoms with van der Waals surface area (Å²) in [5.74, 6) is 0.696. The van der Waals surface area contributed by atoms with Crippen LogP contribution in [-0.2, 0) is 4.84 Å². The predicted octanol–water partition coefficient (Wildman–Crippen LogP) is 5.57. The summed E-state index contributed by atoms with van der Waals surface area (Å²) in [4.78, 5) is 17.4. The van der Waals surface area contributed by atoms with Gasteiger partial charge in [0.05, 0.1) is 36.2 Å². The maximum Gasteiger partial charge on any atom is 0.280 e. The van der Waals surface area contributed by atoms with Crippen molar-refractivity contribution in [3.8, 4) is 11.4 Å². The highest BCUT2D eigenvalue weighted by Gasteiger charge is 2.18. The molecule has 0 aliphatic carbocycles. The van der Waals surface area contributed by atoms with Gasteiger partial charge in [0.2, 0.25) is 0 Å². The van der Waals surface area contributed by atoms with Gasteiger partial charge in [-0.3, -0.25) is 9.63 Å². The Bertz CT molecular complexity index is 1190. The number of carbonyl (C=O) groups is 1. The third kappa shape index (κ3) is 5.40. The van der Waals surface area contributed by atoms with E-state index in [4.69, 9.17) is 26.6 Å². The fraction of sp³-hybridized carbons (Fsp3) is 0.190. The summed E-state index contributed by atoms with van der Waals surface area (Å²) >= 11 is 8.77. The van der Waals surface area contributed by atoms with Gasteiger partial charge in [-0.15, -0.1) is 5.10 Å². The van der Waals surface area contributed by atoms with Crippen molar-refractivity contribution in [1.29, 1.82) is 5.41 Å². The number of hydrogen-bond acceptors (Lipinski definition) is 7. The summed E-state index contributed by atoms with van der Waals surface area (Å²) in [5, 5.41) is 20.4. The van der Waals surface area contributed by atoms with Crippen LogP contribution in [0.3, 0.4) is 0 Å². The normalized spacial score (nSPS) is 11.0. The molecule has 9 nitrogen and oxygen atoms in total. The van der Waals surface area contributed by atoms with Gasteiger partial charge in [-0.25, -0.2) is 9.75 Å². The highest BCUT2D eigenvalue weighted by molar-refractivity contribution is 14.2. The van der Waals surface area contributed by atoms with Crippen molar-refractivity contribution in [2.75, 3.05) is 31.7 Å². The van der Waals surface area contributed by atoms with E-state index < -0.39 is 0 Å². The minimum Gasteiger partial charge on any atom is -0.496 e. The first kappa shape index (κ1) is 25.2. The summed E-state index contributed by atoms with van der Waals surface area (Å²) in [6, 6.07) is 8.91. The number of anilines is 3. The lowest BCUT2D eigenvalue weighted by Gasteiger charge is -2.16. The van der Waals surface area contributed by atoms with E-state index in [0.717, 1.165) is 16.3 Å². The summed E-state index contributed by atoms with van der Waals surface area (Å²) in [5.41, 5.74) is 4.03. The number of nitrogens with zero attached hydrogens (tertiary/aromatic N) is 3. The average Bonchev–Trinajstić information content (AvgIpc) is 3.19. The monoisotopic (exact) mass is 600 g/mol. The number of amides is 1. The van der Waals surface area contributed by atoms with Crippen molar-refractivity contribution in [2.45, 2.75) is 6.92 Å². The van der Waals surface area contributed by atoms with Crippen LogP contribution in [0.1, 0.15) is 21.5 Å². The Morgan fingerprint density at radius 3 is 2.67 bits per heavy atom. The Kier molecular flexibility index (Phi) is 8.52. The molecule has 2 aromatic carbocycles. The maximum absolute atomic E-state index is 12.5. The molecule has 1 atom stereocenters. The summed E-state index contributed by atoms with van der Waals surface area (Å²) < 4.78 is 7.11. The third-order valence-corrected chi connectivity index (χ3v) is 6.48. The first-order valence-corrected chi connectivity index (χ1v) is 14.1. The van der Waals surface area contributed by atoms with E-state index in [2.05, 4.69) is 37.5 Å².